The number of benzene rings is 1. The van der Waals surface area contributed by atoms with Gasteiger partial charge in [0, 0.05) is 12.6 Å². The maximum Gasteiger partial charge on any atom is 0.194 e. The number of rotatable bonds is 3. The zero-order valence-electron chi connectivity index (χ0n) is 7.30. The van der Waals surface area contributed by atoms with Crippen molar-refractivity contribution in [1.29, 1.82) is 0 Å². The monoisotopic (exact) mass is 205 g/mol. The van der Waals surface area contributed by atoms with E-state index in [-0.39, 0.29) is 18.6 Å². The van der Waals surface area contributed by atoms with E-state index in [1.165, 1.54) is 0 Å². The molecule has 1 aromatic rings. The second-order valence-corrected chi connectivity index (χ2v) is 2.92. The molecule has 3 N–H and O–H groups in total. The number of nitrogens with two attached hydrogens (primary N) is 1. The standard InChI is InChI=1S/C9H10F3NO/c10-6-3-5(8(13)1-2-14)4-7(11)9(6)12/h3-4,8,14H,1-2,13H2. The quantitative estimate of drug-likeness (QED) is 0.734. The minimum atomic E-state index is -1.51. The second-order valence-electron chi connectivity index (χ2n) is 2.92. The molecule has 0 aliphatic rings. The summed E-state index contributed by atoms with van der Waals surface area (Å²) in [6.07, 6.45) is 0.171. The molecule has 0 radical (unpaired) electrons. The number of aliphatic hydroxyl groups is 1. The molecule has 0 saturated carbocycles. The summed E-state index contributed by atoms with van der Waals surface area (Å²) in [6, 6.07) is 0.974. The van der Waals surface area contributed by atoms with E-state index in [9.17, 15) is 13.2 Å². The van der Waals surface area contributed by atoms with Gasteiger partial charge in [0.1, 0.15) is 0 Å². The van der Waals surface area contributed by atoms with Crippen LogP contribution in [0, 0.1) is 17.5 Å². The lowest BCUT2D eigenvalue weighted by atomic mass is 10.0. The zero-order valence-corrected chi connectivity index (χ0v) is 7.30. The van der Waals surface area contributed by atoms with E-state index < -0.39 is 23.5 Å². The van der Waals surface area contributed by atoms with E-state index in [4.69, 9.17) is 10.8 Å². The van der Waals surface area contributed by atoms with Crippen molar-refractivity contribution in [3.63, 3.8) is 0 Å². The van der Waals surface area contributed by atoms with Crippen molar-refractivity contribution in [3.05, 3.63) is 35.1 Å². The van der Waals surface area contributed by atoms with Crippen LogP contribution in [-0.4, -0.2) is 11.7 Å². The highest BCUT2D eigenvalue weighted by atomic mass is 19.2. The highest BCUT2D eigenvalue weighted by molar-refractivity contribution is 5.22. The van der Waals surface area contributed by atoms with Crippen LogP contribution in [0.3, 0.4) is 0 Å². The Labute approximate surface area is 79.2 Å². The lowest BCUT2D eigenvalue weighted by Gasteiger charge is -2.10. The van der Waals surface area contributed by atoms with Gasteiger partial charge in [0.2, 0.25) is 0 Å². The van der Waals surface area contributed by atoms with Gasteiger partial charge in [0.05, 0.1) is 0 Å². The molecule has 1 unspecified atom stereocenters. The Hall–Kier alpha value is -1.07. The zero-order chi connectivity index (χ0) is 10.7. The molecule has 0 aliphatic heterocycles. The van der Waals surface area contributed by atoms with Gasteiger partial charge in [-0.25, -0.2) is 13.2 Å². The average molecular weight is 205 g/mol. The Bertz CT molecular complexity index is 307. The molecule has 0 aliphatic carbocycles. The third-order valence-electron chi connectivity index (χ3n) is 1.87. The van der Waals surface area contributed by atoms with E-state index >= 15 is 0 Å². The average Bonchev–Trinajstić information content (AvgIpc) is 2.13. The first-order valence-corrected chi connectivity index (χ1v) is 4.07. The number of hydrogen-bond acceptors (Lipinski definition) is 2. The van der Waals surface area contributed by atoms with Crippen molar-refractivity contribution < 1.29 is 18.3 Å². The SMILES string of the molecule is NC(CCO)c1cc(F)c(F)c(F)c1. The highest BCUT2D eigenvalue weighted by Crippen LogP contribution is 2.19. The molecular weight excluding hydrogens is 195 g/mol. The van der Waals surface area contributed by atoms with Crippen molar-refractivity contribution in [2.45, 2.75) is 12.5 Å². The van der Waals surface area contributed by atoms with E-state index in [0.717, 1.165) is 12.1 Å². The summed E-state index contributed by atoms with van der Waals surface area (Å²) >= 11 is 0. The molecule has 0 amide bonds. The molecule has 0 spiro atoms. The van der Waals surface area contributed by atoms with E-state index in [2.05, 4.69) is 0 Å². The van der Waals surface area contributed by atoms with Gasteiger partial charge in [0.15, 0.2) is 17.5 Å². The molecule has 1 atom stereocenters. The summed E-state index contributed by atoms with van der Waals surface area (Å²) in [6.45, 7) is -0.193. The van der Waals surface area contributed by atoms with Crippen LogP contribution in [0.2, 0.25) is 0 Å². The Morgan fingerprint density at radius 1 is 1.21 bits per heavy atom. The Morgan fingerprint density at radius 3 is 2.14 bits per heavy atom. The van der Waals surface area contributed by atoms with Crippen LogP contribution in [-0.2, 0) is 0 Å². The summed E-state index contributed by atoms with van der Waals surface area (Å²) in [5, 5.41) is 8.55. The van der Waals surface area contributed by atoms with Crippen molar-refractivity contribution in [3.8, 4) is 0 Å². The van der Waals surface area contributed by atoms with Crippen LogP contribution in [0.4, 0.5) is 13.2 Å². The fourth-order valence-corrected chi connectivity index (χ4v) is 1.09. The number of aliphatic hydroxyl groups excluding tert-OH is 1. The molecular formula is C9H10F3NO. The minimum Gasteiger partial charge on any atom is -0.396 e. The molecule has 0 aromatic heterocycles. The van der Waals surface area contributed by atoms with Gasteiger partial charge < -0.3 is 10.8 Å². The molecule has 0 heterocycles. The lowest BCUT2D eigenvalue weighted by Crippen LogP contribution is -2.13. The summed E-state index contributed by atoms with van der Waals surface area (Å²) in [4.78, 5) is 0. The van der Waals surface area contributed by atoms with E-state index in [0.29, 0.717) is 0 Å². The topological polar surface area (TPSA) is 46.2 Å². The smallest absolute Gasteiger partial charge is 0.194 e. The molecule has 0 bridgehead atoms. The second kappa shape index (κ2) is 4.43. The molecule has 2 nitrogen and oxygen atoms in total. The predicted octanol–water partition coefficient (Wildman–Crippen LogP) is 1.49. The lowest BCUT2D eigenvalue weighted by molar-refractivity contribution is 0.276. The Kier molecular flexibility index (Phi) is 3.49. The maximum atomic E-state index is 12.7. The van der Waals surface area contributed by atoms with Crippen molar-refractivity contribution in [2.75, 3.05) is 6.61 Å². The summed E-state index contributed by atoms with van der Waals surface area (Å²) in [7, 11) is 0. The third kappa shape index (κ3) is 2.24. The van der Waals surface area contributed by atoms with Crippen LogP contribution in [0.5, 0.6) is 0 Å². The molecule has 0 saturated heterocycles. The maximum absolute atomic E-state index is 12.7. The van der Waals surface area contributed by atoms with Crippen molar-refractivity contribution in [1.82, 2.24) is 0 Å². The van der Waals surface area contributed by atoms with Crippen LogP contribution < -0.4 is 5.73 Å². The third-order valence-corrected chi connectivity index (χ3v) is 1.87. The van der Waals surface area contributed by atoms with E-state index in [1.54, 1.807) is 0 Å². The number of hydrogen-bond donors (Lipinski definition) is 2. The van der Waals surface area contributed by atoms with Gasteiger partial charge in [-0.3, -0.25) is 0 Å². The van der Waals surface area contributed by atoms with Gasteiger partial charge in [-0.2, -0.15) is 0 Å². The summed E-state index contributed by atoms with van der Waals surface area (Å²) in [5.74, 6) is -4.05. The first-order chi connectivity index (χ1) is 6.56. The minimum absolute atomic E-state index is 0.135. The van der Waals surface area contributed by atoms with Gasteiger partial charge in [0.25, 0.3) is 0 Å². The van der Waals surface area contributed by atoms with Crippen LogP contribution in [0.15, 0.2) is 12.1 Å². The molecule has 5 heteroatoms. The van der Waals surface area contributed by atoms with Gasteiger partial charge in [-0.1, -0.05) is 0 Å². The fourth-order valence-electron chi connectivity index (χ4n) is 1.09. The normalized spacial score (nSPS) is 12.9. The van der Waals surface area contributed by atoms with Crippen molar-refractivity contribution >= 4 is 0 Å². The van der Waals surface area contributed by atoms with Crippen LogP contribution in [0.1, 0.15) is 18.0 Å². The summed E-state index contributed by atoms with van der Waals surface area (Å²) in [5.41, 5.74) is 5.61. The molecule has 0 fully saturated rings. The fraction of sp³-hybridized carbons (Fsp3) is 0.333. The Balaban J connectivity index is 3.00. The summed E-state index contributed by atoms with van der Waals surface area (Å²) < 4.78 is 37.9. The molecule has 14 heavy (non-hydrogen) atoms. The molecule has 1 aromatic carbocycles. The Morgan fingerprint density at radius 2 is 1.71 bits per heavy atom. The number of halogens is 3. The predicted molar refractivity (Wildman–Crippen MR) is 44.9 cm³/mol. The largest absolute Gasteiger partial charge is 0.396 e. The van der Waals surface area contributed by atoms with Gasteiger partial charge in [-0.05, 0) is 24.1 Å². The van der Waals surface area contributed by atoms with E-state index in [1.807, 2.05) is 0 Å². The van der Waals surface area contributed by atoms with Crippen molar-refractivity contribution in [2.24, 2.45) is 5.73 Å². The first-order valence-electron chi connectivity index (χ1n) is 4.07. The van der Waals surface area contributed by atoms with Gasteiger partial charge in [-0.15, -0.1) is 0 Å². The van der Waals surface area contributed by atoms with Crippen LogP contribution >= 0.6 is 0 Å². The molecule has 1 rings (SSSR count). The highest BCUT2D eigenvalue weighted by Gasteiger charge is 2.14. The molecule has 78 valence electrons. The van der Waals surface area contributed by atoms with Crippen LogP contribution in [0.25, 0.3) is 0 Å². The first kappa shape index (κ1) is 11.0. The van der Waals surface area contributed by atoms with Gasteiger partial charge >= 0.3 is 0 Å².